The maximum absolute atomic E-state index is 12.7. The number of quaternary nitrogens is 1. The molecule has 0 radical (unpaired) electrons. The van der Waals surface area contributed by atoms with Gasteiger partial charge in [-0.05, 0) is 55.3 Å². The van der Waals surface area contributed by atoms with Crippen LogP contribution < -0.4 is 19.9 Å². The Morgan fingerprint density at radius 2 is 1.65 bits per heavy atom. The van der Waals surface area contributed by atoms with Gasteiger partial charge in [-0.1, -0.05) is 42.5 Å². The molecule has 1 aliphatic rings. The zero-order valence-corrected chi connectivity index (χ0v) is 18.2. The van der Waals surface area contributed by atoms with E-state index in [1.807, 2.05) is 54.6 Å². The number of carbonyl (C=O) groups is 1. The Bertz CT molecular complexity index is 1030. The first-order valence-electron chi connectivity index (χ1n) is 10.9. The van der Waals surface area contributed by atoms with Crippen LogP contribution in [0.25, 0.3) is 0 Å². The van der Waals surface area contributed by atoms with Crippen molar-refractivity contribution in [1.82, 2.24) is 0 Å². The van der Waals surface area contributed by atoms with Crippen molar-refractivity contribution in [3.63, 3.8) is 0 Å². The number of rotatable bonds is 6. The highest BCUT2D eigenvalue weighted by Gasteiger charge is 2.23. The highest BCUT2D eigenvalue weighted by atomic mass is 16.5. The van der Waals surface area contributed by atoms with E-state index < -0.39 is 0 Å². The number of hydrogen-bond acceptors (Lipinski definition) is 3. The Hall–Kier alpha value is -3.31. The highest BCUT2D eigenvalue weighted by Crippen LogP contribution is 2.29. The van der Waals surface area contributed by atoms with E-state index >= 15 is 0 Å². The molecule has 4 rings (SSSR count). The lowest BCUT2D eigenvalue weighted by atomic mass is 10.1. The fraction of sp³-hybridized carbons (Fsp3) is 0.269. The largest absolute Gasteiger partial charge is 0.455 e. The lowest BCUT2D eigenvalue weighted by molar-refractivity contribution is -0.892. The number of aryl methyl sites for hydroxylation is 1. The molecule has 1 fully saturated rings. The predicted molar refractivity (Wildman–Crippen MR) is 125 cm³/mol. The molecule has 0 aromatic heterocycles. The molecule has 1 heterocycles. The second kappa shape index (κ2) is 9.67. The van der Waals surface area contributed by atoms with Gasteiger partial charge in [0.15, 0.2) is 12.3 Å². The van der Waals surface area contributed by atoms with Crippen LogP contribution in [-0.2, 0) is 4.79 Å². The van der Waals surface area contributed by atoms with E-state index in [2.05, 4.69) is 42.3 Å². The standard InChI is InChI=1S/C26H29N3O2/c1-20-9-8-13-24(21(20)2)29-17-15-28(16-18-29)19-26(30)27-23-12-6-7-14-25(23)31-22-10-4-3-5-11-22/h3-14H,15-19H2,1-2H3,(H,27,30)/p+1. The molecular weight excluding hydrogens is 386 g/mol. The van der Waals surface area contributed by atoms with Crippen molar-refractivity contribution in [2.24, 2.45) is 0 Å². The monoisotopic (exact) mass is 416 g/mol. The Morgan fingerprint density at radius 1 is 0.935 bits per heavy atom. The number of anilines is 2. The van der Waals surface area contributed by atoms with Crippen molar-refractivity contribution in [3.8, 4) is 11.5 Å². The third-order valence-electron chi connectivity index (χ3n) is 5.93. The quantitative estimate of drug-likeness (QED) is 0.647. The number of amides is 1. The van der Waals surface area contributed by atoms with E-state index in [1.165, 1.54) is 21.7 Å². The number of benzene rings is 3. The molecule has 1 saturated heterocycles. The summed E-state index contributed by atoms with van der Waals surface area (Å²) in [7, 11) is 0. The van der Waals surface area contributed by atoms with Crippen molar-refractivity contribution in [3.05, 3.63) is 83.9 Å². The van der Waals surface area contributed by atoms with Crippen molar-refractivity contribution >= 4 is 17.3 Å². The lowest BCUT2D eigenvalue weighted by Crippen LogP contribution is -3.15. The minimum atomic E-state index is 0.0132. The summed E-state index contributed by atoms with van der Waals surface area (Å²) in [6, 6.07) is 23.7. The summed E-state index contributed by atoms with van der Waals surface area (Å²) < 4.78 is 5.96. The Morgan fingerprint density at radius 3 is 2.42 bits per heavy atom. The van der Waals surface area contributed by atoms with Gasteiger partial charge < -0.3 is 19.9 Å². The van der Waals surface area contributed by atoms with Crippen LogP contribution in [0.1, 0.15) is 11.1 Å². The second-order valence-electron chi connectivity index (χ2n) is 8.09. The average Bonchev–Trinajstić information content (AvgIpc) is 2.78. The zero-order chi connectivity index (χ0) is 21.6. The van der Waals surface area contributed by atoms with Crippen LogP contribution in [0.4, 0.5) is 11.4 Å². The number of nitrogens with zero attached hydrogens (tertiary/aromatic N) is 1. The topological polar surface area (TPSA) is 46.0 Å². The molecule has 0 bridgehead atoms. The van der Waals surface area contributed by atoms with E-state index in [4.69, 9.17) is 4.74 Å². The van der Waals surface area contributed by atoms with Gasteiger partial charge in [0.05, 0.1) is 31.9 Å². The first-order chi connectivity index (χ1) is 15.1. The molecule has 3 aromatic rings. The molecule has 5 nitrogen and oxygen atoms in total. The van der Waals surface area contributed by atoms with Crippen LogP contribution in [-0.4, -0.2) is 38.6 Å². The molecule has 2 N–H and O–H groups in total. The predicted octanol–water partition coefficient (Wildman–Crippen LogP) is 3.44. The summed E-state index contributed by atoms with van der Waals surface area (Å²) in [6.07, 6.45) is 0. The van der Waals surface area contributed by atoms with E-state index in [-0.39, 0.29) is 5.91 Å². The Labute approximate surface area is 184 Å². The number of hydrogen-bond donors (Lipinski definition) is 2. The van der Waals surface area contributed by atoms with E-state index in [0.717, 1.165) is 31.9 Å². The van der Waals surface area contributed by atoms with Gasteiger partial charge in [0.1, 0.15) is 5.75 Å². The molecule has 0 aliphatic carbocycles. The molecule has 1 amide bonds. The zero-order valence-electron chi connectivity index (χ0n) is 18.2. The van der Waals surface area contributed by atoms with Crippen LogP contribution in [0.3, 0.4) is 0 Å². The minimum Gasteiger partial charge on any atom is -0.455 e. The van der Waals surface area contributed by atoms with Crippen molar-refractivity contribution in [2.75, 3.05) is 42.9 Å². The van der Waals surface area contributed by atoms with Gasteiger partial charge in [-0.15, -0.1) is 0 Å². The molecule has 1 aliphatic heterocycles. The summed E-state index contributed by atoms with van der Waals surface area (Å²) in [5.74, 6) is 1.41. The van der Waals surface area contributed by atoms with Gasteiger partial charge in [0.25, 0.3) is 5.91 Å². The number of ether oxygens (including phenoxy) is 1. The minimum absolute atomic E-state index is 0.0132. The summed E-state index contributed by atoms with van der Waals surface area (Å²) in [5.41, 5.74) is 4.68. The van der Waals surface area contributed by atoms with Crippen molar-refractivity contribution < 1.29 is 14.4 Å². The van der Waals surface area contributed by atoms with Gasteiger partial charge in [-0.3, -0.25) is 4.79 Å². The fourth-order valence-corrected chi connectivity index (χ4v) is 4.01. The number of piperazine rings is 1. The normalized spacial score (nSPS) is 14.3. The van der Waals surface area contributed by atoms with Crippen LogP contribution in [0.15, 0.2) is 72.8 Å². The van der Waals surface area contributed by atoms with Crippen LogP contribution in [0, 0.1) is 13.8 Å². The molecular formula is C26H30N3O2+. The molecule has 5 heteroatoms. The third kappa shape index (κ3) is 5.25. The summed E-state index contributed by atoms with van der Waals surface area (Å²) in [6.45, 7) is 8.61. The first-order valence-corrected chi connectivity index (χ1v) is 10.9. The maximum atomic E-state index is 12.7. The smallest absolute Gasteiger partial charge is 0.279 e. The number of nitrogens with one attached hydrogen (secondary N) is 2. The van der Waals surface area contributed by atoms with Crippen molar-refractivity contribution in [2.45, 2.75) is 13.8 Å². The Kier molecular flexibility index (Phi) is 6.53. The van der Waals surface area contributed by atoms with Crippen LogP contribution in [0.5, 0.6) is 11.5 Å². The fourth-order valence-electron chi connectivity index (χ4n) is 4.01. The van der Waals surface area contributed by atoms with Gasteiger partial charge >= 0.3 is 0 Å². The SMILES string of the molecule is Cc1cccc(N2CC[NH+](CC(=O)Nc3ccccc3Oc3ccccc3)CC2)c1C. The summed E-state index contributed by atoms with van der Waals surface area (Å²) in [5, 5.41) is 3.04. The average molecular weight is 417 g/mol. The van der Waals surface area contributed by atoms with Gasteiger partial charge in [-0.2, -0.15) is 0 Å². The molecule has 0 spiro atoms. The molecule has 0 unspecified atom stereocenters. The van der Waals surface area contributed by atoms with E-state index in [9.17, 15) is 4.79 Å². The molecule has 0 atom stereocenters. The molecule has 160 valence electrons. The van der Waals surface area contributed by atoms with Crippen LogP contribution in [0.2, 0.25) is 0 Å². The van der Waals surface area contributed by atoms with Gasteiger partial charge in [0.2, 0.25) is 0 Å². The highest BCUT2D eigenvalue weighted by molar-refractivity contribution is 5.93. The molecule has 31 heavy (non-hydrogen) atoms. The van der Waals surface area contributed by atoms with Crippen molar-refractivity contribution in [1.29, 1.82) is 0 Å². The molecule has 0 saturated carbocycles. The first kappa shape index (κ1) is 20.9. The third-order valence-corrected chi connectivity index (χ3v) is 5.93. The Balaban J connectivity index is 1.33. The maximum Gasteiger partial charge on any atom is 0.279 e. The summed E-state index contributed by atoms with van der Waals surface area (Å²) >= 11 is 0. The number of carbonyl (C=O) groups excluding carboxylic acids is 1. The molecule has 3 aromatic carbocycles. The van der Waals surface area contributed by atoms with Crippen LogP contribution >= 0.6 is 0 Å². The van der Waals surface area contributed by atoms with Gasteiger partial charge in [0, 0.05) is 5.69 Å². The van der Waals surface area contributed by atoms with E-state index in [1.54, 1.807) is 0 Å². The van der Waals surface area contributed by atoms with E-state index in [0.29, 0.717) is 18.0 Å². The second-order valence-corrected chi connectivity index (χ2v) is 8.09. The summed E-state index contributed by atoms with van der Waals surface area (Å²) in [4.78, 5) is 16.5. The lowest BCUT2D eigenvalue weighted by Gasteiger charge is -2.34. The van der Waals surface area contributed by atoms with Gasteiger partial charge in [-0.25, -0.2) is 0 Å². The number of para-hydroxylation sites is 3.